The molecule has 23 heavy (non-hydrogen) atoms. The summed E-state index contributed by atoms with van der Waals surface area (Å²) in [6.45, 7) is 2.01. The highest BCUT2D eigenvalue weighted by Gasteiger charge is 2.28. The van der Waals surface area contributed by atoms with Crippen LogP contribution in [0.1, 0.15) is 12.8 Å². The van der Waals surface area contributed by atoms with Crippen LogP contribution in [0.15, 0.2) is 48.3 Å². The van der Waals surface area contributed by atoms with Crippen molar-refractivity contribution in [3.8, 4) is 0 Å². The van der Waals surface area contributed by atoms with E-state index in [0.717, 1.165) is 42.3 Å². The number of benzene rings is 1. The Morgan fingerprint density at radius 2 is 1.96 bits per heavy atom. The van der Waals surface area contributed by atoms with Gasteiger partial charge in [0.15, 0.2) is 5.13 Å². The maximum absolute atomic E-state index is 6.21. The molecule has 0 amide bonds. The fourth-order valence-corrected chi connectivity index (χ4v) is 4.33. The number of hydrogen-bond acceptors (Lipinski definition) is 6. The molecule has 1 unspecified atom stereocenters. The Hall–Kier alpha value is -2.05. The molecule has 0 bridgehead atoms. The number of rotatable bonds is 2. The van der Waals surface area contributed by atoms with Gasteiger partial charge in [0.2, 0.25) is 0 Å². The first-order valence-corrected chi connectivity index (χ1v) is 8.81. The van der Waals surface area contributed by atoms with Crippen molar-refractivity contribution < 1.29 is 0 Å². The van der Waals surface area contributed by atoms with Gasteiger partial charge in [0.1, 0.15) is 6.17 Å². The van der Waals surface area contributed by atoms with Gasteiger partial charge in [-0.25, -0.2) is 4.98 Å². The topological polar surface area (TPSA) is 71.4 Å². The Morgan fingerprint density at radius 1 is 1.17 bits per heavy atom. The molecule has 1 aromatic carbocycles. The zero-order valence-corrected chi connectivity index (χ0v) is 13.7. The summed E-state index contributed by atoms with van der Waals surface area (Å²) < 4.78 is 1.25. The molecule has 2 aliphatic rings. The molecule has 120 valence electrons. The van der Waals surface area contributed by atoms with Crippen molar-refractivity contribution in [3.05, 3.63) is 48.3 Å². The van der Waals surface area contributed by atoms with Crippen LogP contribution in [-0.4, -0.2) is 35.2 Å². The van der Waals surface area contributed by atoms with Gasteiger partial charge in [-0.1, -0.05) is 23.5 Å². The van der Waals surface area contributed by atoms with E-state index in [9.17, 15) is 0 Å². The van der Waals surface area contributed by atoms with Crippen LogP contribution in [0.2, 0.25) is 0 Å². The quantitative estimate of drug-likeness (QED) is 0.885. The monoisotopic (exact) mass is 327 g/mol. The molecule has 1 aromatic heterocycles. The average molecular weight is 327 g/mol. The second-order valence-electron chi connectivity index (χ2n) is 6.08. The van der Waals surface area contributed by atoms with Crippen molar-refractivity contribution in [1.82, 2.24) is 9.88 Å². The predicted molar refractivity (Wildman–Crippen MR) is 96.1 cm³/mol. The molecule has 3 heterocycles. The molecule has 6 heteroatoms. The summed E-state index contributed by atoms with van der Waals surface area (Å²) in [6, 6.07) is 8.77. The molecule has 0 aliphatic carbocycles. The molecule has 5 nitrogen and oxygen atoms in total. The lowest BCUT2D eigenvalue weighted by Crippen LogP contribution is -2.52. The minimum absolute atomic E-state index is 0.195. The van der Waals surface area contributed by atoms with Crippen LogP contribution in [0.3, 0.4) is 0 Å². The van der Waals surface area contributed by atoms with Crippen molar-refractivity contribution in [2.45, 2.75) is 25.0 Å². The fourth-order valence-electron chi connectivity index (χ4n) is 3.32. The highest BCUT2D eigenvalue weighted by Crippen LogP contribution is 2.31. The number of para-hydroxylation sites is 1. The summed E-state index contributed by atoms with van der Waals surface area (Å²) in [7, 11) is 0. The van der Waals surface area contributed by atoms with E-state index in [1.807, 2.05) is 18.2 Å². The van der Waals surface area contributed by atoms with Gasteiger partial charge in [0, 0.05) is 31.0 Å². The van der Waals surface area contributed by atoms with E-state index in [1.54, 1.807) is 11.3 Å². The Labute approximate surface area is 139 Å². The first kappa shape index (κ1) is 14.5. The van der Waals surface area contributed by atoms with Crippen molar-refractivity contribution in [3.63, 3.8) is 0 Å². The molecule has 2 aromatic rings. The van der Waals surface area contributed by atoms with E-state index in [-0.39, 0.29) is 6.17 Å². The van der Waals surface area contributed by atoms with Crippen molar-refractivity contribution in [1.29, 1.82) is 0 Å². The lowest BCUT2D eigenvalue weighted by atomic mass is 10.0. The van der Waals surface area contributed by atoms with E-state index < -0.39 is 0 Å². The van der Waals surface area contributed by atoms with E-state index in [0.29, 0.717) is 6.04 Å². The number of fused-ring (bicyclic) bond motifs is 1. The predicted octanol–water partition coefficient (Wildman–Crippen LogP) is 2.22. The summed E-state index contributed by atoms with van der Waals surface area (Å²) in [4.78, 5) is 9.35. The fraction of sp³-hybridized carbons (Fsp3) is 0.353. The minimum Gasteiger partial charge on any atom is -0.399 e. The lowest BCUT2D eigenvalue weighted by Gasteiger charge is -2.41. The summed E-state index contributed by atoms with van der Waals surface area (Å²) in [6.07, 6.45) is 7.89. The first-order chi connectivity index (χ1) is 11.2. The molecule has 1 atom stereocenters. The maximum Gasteiger partial charge on any atom is 0.186 e. The molecular formula is C17H21N5S. The SMILES string of the molecule is NC1=CC=CN(C2CCN(c3nc4ccccc4s3)CC2)C1N. The number of thiazole rings is 1. The van der Waals surface area contributed by atoms with Crippen LogP contribution in [0.4, 0.5) is 5.13 Å². The number of anilines is 1. The molecule has 0 spiro atoms. The largest absolute Gasteiger partial charge is 0.399 e. The Balaban J connectivity index is 1.45. The highest BCUT2D eigenvalue weighted by molar-refractivity contribution is 7.22. The first-order valence-electron chi connectivity index (χ1n) is 8.00. The second kappa shape index (κ2) is 5.86. The maximum atomic E-state index is 6.21. The van der Waals surface area contributed by atoms with Gasteiger partial charge in [-0.2, -0.15) is 0 Å². The van der Waals surface area contributed by atoms with Crippen LogP contribution in [0.25, 0.3) is 10.2 Å². The smallest absolute Gasteiger partial charge is 0.186 e. The Morgan fingerprint density at radius 3 is 2.74 bits per heavy atom. The van der Waals surface area contributed by atoms with E-state index in [4.69, 9.17) is 16.5 Å². The van der Waals surface area contributed by atoms with Crippen LogP contribution in [0.5, 0.6) is 0 Å². The number of hydrogen-bond donors (Lipinski definition) is 2. The van der Waals surface area contributed by atoms with Crippen LogP contribution < -0.4 is 16.4 Å². The summed E-state index contributed by atoms with van der Waals surface area (Å²) >= 11 is 1.77. The standard InChI is InChI=1S/C17H21N5S/c18-13-4-3-9-22(16(13)19)12-7-10-21(11-8-12)17-20-14-5-1-2-6-15(14)23-17/h1-6,9,12,16H,7-8,10-11,18-19H2. The Kier molecular flexibility index (Phi) is 3.71. The number of allylic oxidation sites excluding steroid dienone is 2. The zero-order valence-electron chi connectivity index (χ0n) is 12.9. The van der Waals surface area contributed by atoms with Crippen LogP contribution >= 0.6 is 11.3 Å². The van der Waals surface area contributed by atoms with Gasteiger partial charge < -0.3 is 21.3 Å². The molecule has 4 N–H and O–H groups in total. The number of piperidine rings is 1. The molecule has 4 rings (SSSR count). The van der Waals surface area contributed by atoms with Gasteiger partial charge in [0.05, 0.1) is 10.2 Å². The molecule has 1 fully saturated rings. The van der Waals surface area contributed by atoms with Gasteiger partial charge in [-0.05, 0) is 37.1 Å². The second-order valence-corrected chi connectivity index (χ2v) is 7.09. The number of nitrogens with two attached hydrogens (primary N) is 2. The molecule has 1 saturated heterocycles. The van der Waals surface area contributed by atoms with Gasteiger partial charge in [-0.3, -0.25) is 0 Å². The van der Waals surface area contributed by atoms with E-state index >= 15 is 0 Å². The average Bonchev–Trinajstić information content (AvgIpc) is 3.02. The van der Waals surface area contributed by atoms with Gasteiger partial charge >= 0.3 is 0 Å². The summed E-state index contributed by atoms with van der Waals surface area (Å²) in [5, 5.41) is 1.13. The van der Waals surface area contributed by atoms with Gasteiger partial charge in [-0.15, -0.1) is 0 Å². The number of aromatic nitrogens is 1. The molecular weight excluding hydrogens is 306 g/mol. The zero-order chi connectivity index (χ0) is 15.8. The minimum atomic E-state index is -0.195. The van der Waals surface area contributed by atoms with Gasteiger partial charge in [0.25, 0.3) is 0 Å². The molecule has 2 aliphatic heterocycles. The third-order valence-electron chi connectivity index (χ3n) is 4.65. The summed E-state index contributed by atoms with van der Waals surface area (Å²) in [5.74, 6) is 0. The van der Waals surface area contributed by atoms with Crippen molar-refractivity contribution in [2.24, 2.45) is 11.5 Å². The highest BCUT2D eigenvalue weighted by atomic mass is 32.1. The molecule has 0 saturated carbocycles. The summed E-state index contributed by atoms with van der Waals surface area (Å²) in [5.41, 5.74) is 14.0. The third kappa shape index (κ3) is 2.68. The third-order valence-corrected chi connectivity index (χ3v) is 5.75. The van der Waals surface area contributed by atoms with Crippen LogP contribution in [0, 0.1) is 0 Å². The number of nitrogens with zero attached hydrogens (tertiary/aromatic N) is 3. The molecule has 0 radical (unpaired) electrons. The van der Waals surface area contributed by atoms with Crippen molar-refractivity contribution >= 4 is 26.7 Å². The van der Waals surface area contributed by atoms with E-state index in [1.165, 1.54) is 4.70 Å². The lowest BCUT2D eigenvalue weighted by molar-refractivity contribution is 0.194. The van der Waals surface area contributed by atoms with E-state index in [2.05, 4.69) is 34.2 Å². The Bertz CT molecular complexity index is 724. The normalized spacial score (nSPS) is 22.7. The van der Waals surface area contributed by atoms with Crippen LogP contribution in [-0.2, 0) is 0 Å². The van der Waals surface area contributed by atoms with Crippen molar-refractivity contribution in [2.75, 3.05) is 18.0 Å².